The number of nitrogens with one attached hydrogen (secondary N) is 1. The monoisotopic (exact) mass is 282 g/mol. The molecule has 1 saturated heterocycles. The Morgan fingerprint density at radius 2 is 2.37 bits per heavy atom. The zero-order valence-corrected chi connectivity index (χ0v) is 11.7. The number of hydrogen-bond donors (Lipinski definition) is 2. The Labute approximate surface area is 116 Å². The summed E-state index contributed by atoms with van der Waals surface area (Å²) in [6, 6.07) is 1.11. The summed E-state index contributed by atoms with van der Waals surface area (Å²) in [6.07, 6.45) is 2.24. The first-order valence-corrected chi connectivity index (χ1v) is 7.34. The SMILES string of the molecule is CCc1ccsc1CNC(=O)N1CCC[C@H]1C(=O)O. The maximum Gasteiger partial charge on any atom is 0.326 e. The molecule has 5 nitrogen and oxygen atoms in total. The molecule has 0 radical (unpaired) electrons. The van der Waals surface area contributed by atoms with Crippen LogP contribution >= 0.6 is 11.3 Å². The quantitative estimate of drug-likeness (QED) is 0.888. The van der Waals surface area contributed by atoms with Gasteiger partial charge in [-0.1, -0.05) is 6.92 Å². The summed E-state index contributed by atoms with van der Waals surface area (Å²) in [5.41, 5.74) is 1.24. The normalized spacial score (nSPS) is 18.6. The van der Waals surface area contributed by atoms with Crippen LogP contribution in [0.4, 0.5) is 4.79 Å². The van der Waals surface area contributed by atoms with Gasteiger partial charge in [0, 0.05) is 11.4 Å². The molecule has 19 heavy (non-hydrogen) atoms. The molecule has 2 N–H and O–H groups in total. The Hall–Kier alpha value is -1.56. The zero-order chi connectivity index (χ0) is 13.8. The van der Waals surface area contributed by atoms with Gasteiger partial charge in [0.15, 0.2) is 0 Å². The lowest BCUT2D eigenvalue weighted by atomic mass is 10.2. The number of nitrogens with zero attached hydrogens (tertiary/aromatic N) is 1. The van der Waals surface area contributed by atoms with E-state index in [1.165, 1.54) is 10.5 Å². The standard InChI is InChI=1S/C13H18N2O3S/c1-2-9-5-7-19-11(9)8-14-13(18)15-6-3-4-10(15)12(16)17/h5,7,10H,2-4,6,8H2,1H3,(H,14,18)(H,16,17)/t10-/m0/s1. The number of likely N-dealkylation sites (tertiary alicyclic amines) is 1. The predicted octanol–water partition coefficient (Wildman–Crippen LogP) is 2.07. The van der Waals surface area contributed by atoms with Crippen LogP contribution in [-0.4, -0.2) is 34.6 Å². The minimum Gasteiger partial charge on any atom is -0.480 e. The first-order valence-electron chi connectivity index (χ1n) is 6.46. The zero-order valence-electron chi connectivity index (χ0n) is 10.9. The van der Waals surface area contributed by atoms with Crippen LogP contribution in [0.1, 0.15) is 30.2 Å². The van der Waals surface area contributed by atoms with Gasteiger partial charge in [0.05, 0.1) is 6.54 Å². The number of urea groups is 1. The number of amides is 2. The van der Waals surface area contributed by atoms with Crippen molar-refractivity contribution >= 4 is 23.3 Å². The summed E-state index contributed by atoms with van der Waals surface area (Å²) in [5.74, 6) is -0.918. The Morgan fingerprint density at radius 1 is 1.58 bits per heavy atom. The molecule has 0 spiro atoms. The van der Waals surface area contributed by atoms with E-state index in [0.717, 1.165) is 17.7 Å². The number of thiophene rings is 1. The van der Waals surface area contributed by atoms with Crippen LogP contribution in [0, 0.1) is 0 Å². The summed E-state index contributed by atoms with van der Waals surface area (Å²) < 4.78 is 0. The molecule has 1 aliphatic heterocycles. The van der Waals surface area contributed by atoms with E-state index in [0.29, 0.717) is 19.5 Å². The molecule has 1 aromatic heterocycles. The molecule has 6 heteroatoms. The number of carbonyl (C=O) groups is 2. The first-order chi connectivity index (χ1) is 9.13. The van der Waals surface area contributed by atoms with Gasteiger partial charge in [-0.15, -0.1) is 11.3 Å². The van der Waals surface area contributed by atoms with Crippen LogP contribution in [-0.2, 0) is 17.8 Å². The molecule has 0 aliphatic carbocycles. The fourth-order valence-electron chi connectivity index (χ4n) is 2.36. The van der Waals surface area contributed by atoms with Crippen molar-refractivity contribution in [2.45, 2.75) is 38.8 Å². The van der Waals surface area contributed by atoms with Crippen molar-refractivity contribution < 1.29 is 14.7 Å². The molecule has 1 fully saturated rings. The number of hydrogen-bond acceptors (Lipinski definition) is 3. The topological polar surface area (TPSA) is 69.6 Å². The lowest BCUT2D eigenvalue weighted by Crippen LogP contribution is -2.45. The van der Waals surface area contributed by atoms with Gasteiger partial charge < -0.3 is 15.3 Å². The van der Waals surface area contributed by atoms with Gasteiger partial charge in [-0.3, -0.25) is 0 Å². The first kappa shape index (κ1) is 13.9. The molecular formula is C13H18N2O3S. The summed E-state index contributed by atoms with van der Waals surface area (Å²) in [7, 11) is 0. The summed E-state index contributed by atoms with van der Waals surface area (Å²) in [6.45, 7) is 3.07. The van der Waals surface area contributed by atoms with Crippen molar-refractivity contribution in [2.75, 3.05) is 6.54 Å². The van der Waals surface area contributed by atoms with Crippen molar-refractivity contribution in [3.63, 3.8) is 0 Å². The maximum absolute atomic E-state index is 12.0. The molecular weight excluding hydrogens is 264 g/mol. The molecule has 1 aliphatic rings. The average molecular weight is 282 g/mol. The van der Waals surface area contributed by atoms with Gasteiger partial charge in [-0.25, -0.2) is 9.59 Å². The summed E-state index contributed by atoms with van der Waals surface area (Å²) in [4.78, 5) is 25.6. The molecule has 2 rings (SSSR count). The lowest BCUT2D eigenvalue weighted by Gasteiger charge is -2.21. The molecule has 1 aromatic rings. The third kappa shape index (κ3) is 3.07. The third-order valence-electron chi connectivity index (χ3n) is 3.42. The van der Waals surface area contributed by atoms with Crippen molar-refractivity contribution in [1.82, 2.24) is 10.2 Å². The summed E-state index contributed by atoms with van der Waals surface area (Å²) >= 11 is 1.62. The molecule has 0 unspecified atom stereocenters. The third-order valence-corrected chi connectivity index (χ3v) is 4.38. The predicted molar refractivity (Wildman–Crippen MR) is 73.3 cm³/mol. The van der Waals surface area contributed by atoms with Crippen LogP contribution in [0.15, 0.2) is 11.4 Å². The number of carboxylic acid groups (broad SMARTS) is 1. The second-order valence-electron chi connectivity index (χ2n) is 4.57. The fraction of sp³-hybridized carbons (Fsp3) is 0.538. The van der Waals surface area contributed by atoms with Crippen LogP contribution < -0.4 is 5.32 Å². The van der Waals surface area contributed by atoms with Gasteiger partial charge in [0.1, 0.15) is 6.04 Å². The molecule has 0 aromatic carbocycles. The van der Waals surface area contributed by atoms with Crippen LogP contribution in [0.2, 0.25) is 0 Å². The van der Waals surface area contributed by atoms with Gasteiger partial charge in [-0.2, -0.15) is 0 Å². The summed E-state index contributed by atoms with van der Waals surface area (Å²) in [5, 5.41) is 13.9. The minimum absolute atomic E-state index is 0.277. The molecule has 2 amide bonds. The highest BCUT2D eigenvalue weighted by atomic mass is 32.1. The Morgan fingerprint density at radius 3 is 3.05 bits per heavy atom. The second kappa shape index (κ2) is 6.06. The van der Waals surface area contributed by atoms with Crippen molar-refractivity contribution in [2.24, 2.45) is 0 Å². The van der Waals surface area contributed by atoms with Gasteiger partial charge >= 0.3 is 12.0 Å². The van der Waals surface area contributed by atoms with Gasteiger partial charge in [0.25, 0.3) is 0 Å². The smallest absolute Gasteiger partial charge is 0.326 e. The maximum atomic E-state index is 12.0. The molecule has 0 saturated carbocycles. The highest BCUT2D eigenvalue weighted by Crippen LogP contribution is 2.19. The number of aryl methyl sites for hydroxylation is 1. The highest BCUT2D eigenvalue weighted by molar-refractivity contribution is 7.10. The fourth-order valence-corrected chi connectivity index (χ4v) is 3.28. The highest BCUT2D eigenvalue weighted by Gasteiger charge is 2.33. The average Bonchev–Trinajstić information content (AvgIpc) is 3.04. The Balaban J connectivity index is 1.92. The lowest BCUT2D eigenvalue weighted by molar-refractivity contribution is -0.141. The number of aliphatic carboxylic acids is 1. The van der Waals surface area contributed by atoms with E-state index >= 15 is 0 Å². The molecule has 1 atom stereocenters. The number of carbonyl (C=O) groups excluding carboxylic acids is 1. The van der Waals surface area contributed by atoms with E-state index in [-0.39, 0.29) is 6.03 Å². The molecule has 104 valence electrons. The van der Waals surface area contributed by atoms with Crippen LogP contribution in [0.25, 0.3) is 0 Å². The largest absolute Gasteiger partial charge is 0.480 e. The minimum atomic E-state index is -0.918. The number of carboxylic acids is 1. The van der Waals surface area contributed by atoms with Crippen molar-refractivity contribution in [1.29, 1.82) is 0 Å². The second-order valence-corrected chi connectivity index (χ2v) is 5.57. The van der Waals surface area contributed by atoms with E-state index in [4.69, 9.17) is 5.11 Å². The van der Waals surface area contributed by atoms with E-state index in [1.807, 2.05) is 5.38 Å². The Kier molecular flexibility index (Phi) is 4.42. The van der Waals surface area contributed by atoms with Gasteiger partial charge in [-0.05, 0) is 36.3 Å². The van der Waals surface area contributed by atoms with Crippen molar-refractivity contribution in [3.05, 3.63) is 21.9 Å². The van der Waals surface area contributed by atoms with Crippen molar-refractivity contribution in [3.8, 4) is 0 Å². The molecule has 2 heterocycles. The van der Waals surface area contributed by atoms with E-state index in [1.54, 1.807) is 11.3 Å². The Bertz CT molecular complexity index is 472. The van der Waals surface area contributed by atoms with E-state index < -0.39 is 12.0 Å². The van der Waals surface area contributed by atoms with Crippen LogP contribution in [0.5, 0.6) is 0 Å². The van der Waals surface area contributed by atoms with E-state index in [2.05, 4.69) is 18.3 Å². The van der Waals surface area contributed by atoms with Gasteiger partial charge in [0.2, 0.25) is 0 Å². The molecule has 0 bridgehead atoms. The van der Waals surface area contributed by atoms with E-state index in [9.17, 15) is 9.59 Å². The van der Waals surface area contributed by atoms with Crippen LogP contribution in [0.3, 0.4) is 0 Å². The number of rotatable bonds is 4.